The number of nitriles is 1. The van der Waals surface area contributed by atoms with E-state index in [1.807, 2.05) is 6.07 Å². The van der Waals surface area contributed by atoms with Gasteiger partial charge in [-0.1, -0.05) is 6.07 Å². The predicted octanol–water partition coefficient (Wildman–Crippen LogP) is 2.96. The van der Waals surface area contributed by atoms with E-state index in [0.717, 1.165) is 0 Å². The summed E-state index contributed by atoms with van der Waals surface area (Å²) < 4.78 is 5.10. The fourth-order valence-electron chi connectivity index (χ4n) is 2.19. The summed E-state index contributed by atoms with van der Waals surface area (Å²) in [7, 11) is 0. The predicted molar refractivity (Wildman–Crippen MR) is 92.5 cm³/mol. The number of esters is 1. The van der Waals surface area contributed by atoms with Crippen molar-refractivity contribution in [1.82, 2.24) is 0 Å². The Morgan fingerprint density at radius 2 is 1.88 bits per heavy atom. The molecule has 2 aromatic rings. The van der Waals surface area contributed by atoms with Crippen LogP contribution in [0.5, 0.6) is 0 Å². The lowest BCUT2D eigenvalue weighted by atomic mass is 10.1. The number of benzene rings is 2. The van der Waals surface area contributed by atoms with Crippen molar-refractivity contribution >= 4 is 23.3 Å². The molecule has 2 aromatic carbocycles. The average Bonchev–Trinajstić information content (AvgIpc) is 2.62. The van der Waals surface area contributed by atoms with Gasteiger partial charge >= 0.3 is 5.97 Å². The fourth-order valence-corrected chi connectivity index (χ4v) is 2.19. The maximum absolute atomic E-state index is 12.2. The molecule has 0 spiro atoms. The third kappa shape index (κ3) is 4.21. The number of nitro groups is 1. The van der Waals surface area contributed by atoms with Gasteiger partial charge in [0.2, 0.25) is 0 Å². The number of amides is 1. The van der Waals surface area contributed by atoms with Gasteiger partial charge in [-0.25, -0.2) is 4.79 Å². The molecule has 0 aliphatic heterocycles. The van der Waals surface area contributed by atoms with E-state index in [4.69, 9.17) is 10.00 Å². The topological polar surface area (TPSA) is 122 Å². The van der Waals surface area contributed by atoms with E-state index >= 15 is 0 Å². The van der Waals surface area contributed by atoms with Crippen molar-refractivity contribution in [2.24, 2.45) is 0 Å². The number of rotatable bonds is 5. The summed E-state index contributed by atoms with van der Waals surface area (Å²) in [5.74, 6) is -1.39. The second kappa shape index (κ2) is 7.90. The van der Waals surface area contributed by atoms with E-state index in [2.05, 4.69) is 5.32 Å². The van der Waals surface area contributed by atoms with E-state index in [0.29, 0.717) is 11.3 Å². The van der Waals surface area contributed by atoms with E-state index in [1.165, 1.54) is 32.0 Å². The number of carbonyl (C=O) groups excluding carboxylic acids is 2. The van der Waals surface area contributed by atoms with Crippen molar-refractivity contribution < 1.29 is 19.2 Å². The SMILES string of the molecule is Cc1c(C(=O)O[C@@H](C)C(=O)Nc2ccc(C#N)cc2)cccc1[N+](=O)[O-]. The summed E-state index contributed by atoms with van der Waals surface area (Å²) in [6, 6.07) is 12.2. The molecule has 0 bridgehead atoms. The Balaban J connectivity index is 2.06. The van der Waals surface area contributed by atoms with Gasteiger partial charge in [0, 0.05) is 17.3 Å². The molecular formula is C18H15N3O5. The first kappa shape index (κ1) is 18.6. The van der Waals surface area contributed by atoms with Crippen LogP contribution in [0.15, 0.2) is 42.5 Å². The molecule has 0 saturated heterocycles. The van der Waals surface area contributed by atoms with Crippen molar-refractivity contribution in [2.45, 2.75) is 20.0 Å². The molecule has 1 N–H and O–H groups in total. The van der Waals surface area contributed by atoms with Crippen LogP contribution < -0.4 is 5.32 Å². The highest BCUT2D eigenvalue weighted by molar-refractivity contribution is 5.98. The van der Waals surface area contributed by atoms with Gasteiger partial charge in [0.1, 0.15) is 0 Å². The number of nitrogens with zero attached hydrogens (tertiary/aromatic N) is 2. The lowest BCUT2D eigenvalue weighted by Crippen LogP contribution is -2.30. The Labute approximate surface area is 149 Å². The molecule has 1 atom stereocenters. The van der Waals surface area contributed by atoms with Crippen LogP contribution in [-0.2, 0) is 9.53 Å². The fraction of sp³-hybridized carbons (Fsp3) is 0.167. The first-order chi connectivity index (χ1) is 12.3. The van der Waals surface area contributed by atoms with Gasteiger partial charge in [-0.2, -0.15) is 5.26 Å². The zero-order chi connectivity index (χ0) is 19.3. The van der Waals surface area contributed by atoms with Gasteiger partial charge in [0.25, 0.3) is 11.6 Å². The number of anilines is 1. The van der Waals surface area contributed by atoms with Crippen LogP contribution in [0.2, 0.25) is 0 Å². The van der Waals surface area contributed by atoms with Crippen LogP contribution in [0.3, 0.4) is 0 Å². The highest BCUT2D eigenvalue weighted by atomic mass is 16.6. The molecule has 0 aromatic heterocycles. The highest BCUT2D eigenvalue weighted by Crippen LogP contribution is 2.22. The van der Waals surface area contributed by atoms with Crippen molar-refractivity contribution in [2.75, 3.05) is 5.32 Å². The highest BCUT2D eigenvalue weighted by Gasteiger charge is 2.23. The number of carbonyl (C=O) groups is 2. The summed E-state index contributed by atoms with van der Waals surface area (Å²) >= 11 is 0. The lowest BCUT2D eigenvalue weighted by Gasteiger charge is -2.14. The van der Waals surface area contributed by atoms with E-state index in [1.54, 1.807) is 24.3 Å². The van der Waals surface area contributed by atoms with Crippen LogP contribution in [0.1, 0.15) is 28.4 Å². The number of nitro benzene ring substituents is 1. The first-order valence-corrected chi connectivity index (χ1v) is 7.59. The van der Waals surface area contributed by atoms with Crippen molar-refractivity contribution in [3.05, 3.63) is 69.3 Å². The number of hydrogen-bond acceptors (Lipinski definition) is 6. The minimum absolute atomic E-state index is 0.0252. The number of hydrogen-bond donors (Lipinski definition) is 1. The third-order valence-electron chi connectivity index (χ3n) is 3.66. The minimum atomic E-state index is -1.11. The van der Waals surface area contributed by atoms with Gasteiger partial charge in [-0.05, 0) is 44.2 Å². The summed E-state index contributed by atoms with van der Waals surface area (Å²) in [5, 5.41) is 22.3. The van der Waals surface area contributed by atoms with Crippen LogP contribution >= 0.6 is 0 Å². The normalized spacial score (nSPS) is 11.1. The molecule has 8 nitrogen and oxygen atoms in total. The van der Waals surface area contributed by atoms with Crippen LogP contribution in [0.4, 0.5) is 11.4 Å². The van der Waals surface area contributed by atoms with Gasteiger partial charge in [0.05, 0.1) is 22.1 Å². The molecule has 1 amide bonds. The average molecular weight is 353 g/mol. The second-order valence-corrected chi connectivity index (χ2v) is 5.43. The quantitative estimate of drug-likeness (QED) is 0.501. The molecule has 0 aliphatic carbocycles. The smallest absolute Gasteiger partial charge is 0.339 e. The monoisotopic (exact) mass is 353 g/mol. The van der Waals surface area contributed by atoms with Crippen LogP contribution in [0, 0.1) is 28.4 Å². The Kier molecular flexibility index (Phi) is 5.65. The second-order valence-electron chi connectivity index (χ2n) is 5.43. The van der Waals surface area contributed by atoms with Crippen LogP contribution in [0.25, 0.3) is 0 Å². The van der Waals surface area contributed by atoms with Crippen molar-refractivity contribution in [3.63, 3.8) is 0 Å². The molecule has 0 radical (unpaired) electrons. The van der Waals surface area contributed by atoms with Gasteiger partial charge in [0.15, 0.2) is 6.10 Å². The Bertz CT molecular complexity index is 900. The Hall–Kier alpha value is -3.73. The molecule has 0 fully saturated rings. The molecule has 8 heteroatoms. The molecule has 0 unspecified atom stereocenters. The number of nitrogens with one attached hydrogen (secondary N) is 1. The zero-order valence-corrected chi connectivity index (χ0v) is 14.1. The Morgan fingerprint density at radius 3 is 2.46 bits per heavy atom. The maximum atomic E-state index is 12.2. The molecule has 26 heavy (non-hydrogen) atoms. The van der Waals surface area contributed by atoms with E-state index in [-0.39, 0.29) is 16.8 Å². The van der Waals surface area contributed by atoms with Gasteiger partial charge in [-0.15, -0.1) is 0 Å². The molecule has 0 aliphatic rings. The Morgan fingerprint density at radius 1 is 1.23 bits per heavy atom. The summed E-state index contributed by atoms with van der Waals surface area (Å²) in [5.41, 5.74) is 0.889. The van der Waals surface area contributed by atoms with E-state index in [9.17, 15) is 19.7 Å². The van der Waals surface area contributed by atoms with Gasteiger partial charge < -0.3 is 10.1 Å². The maximum Gasteiger partial charge on any atom is 0.339 e. The standard InChI is InChI=1S/C18H15N3O5/c1-11-15(4-3-5-16(11)21(24)25)18(23)26-12(2)17(22)20-14-8-6-13(10-19)7-9-14/h3-9,12H,1-2H3,(H,20,22)/t12-/m0/s1. The molecule has 0 heterocycles. The largest absolute Gasteiger partial charge is 0.449 e. The molecule has 0 saturated carbocycles. The van der Waals surface area contributed by atoms with Gasteiger partial charge in [-0.3, -0.25) is 14.9 Å². The summed E-state index contributed by atoms with van der Waals surface area (Å²) in [4.78, 5) is 34.7. The van der Waals surface area contributed by atoms with E-state index < -0.39 is 22.9 Å². The summed E-state index contributed by atoms with van der Waals surface area (Å²) in [6.45, 7) is 2.83. The number of ether oxygens (including phenoxy) is 1. The van der Waals surface area contributed by atoms with Crippen LogP contribution in [-0.4, -0.2) is 22.9 Å². The third-order valence-corrected chi connectivity index (χ3v) is 3.66. The summed E-state index contributed by atoms with van der Waals surface area (Å²) in [6.07, 6.45) is -1.11. The molecular weight excluding hydrogens is 338 g/mol. The zero-order valence-electron chi connectivity index (χ0n) is 14.1. The minimum Gasteiger partial charge on any atom is -0.449 e. The van der Waals surface area contributed by atoms with Crippen molar-refractivity contribution in [1.29, 1.82) is 5.26 Å². The molecule has 2 rings (SSSR count). The lowest BCUT2D eigenvalue weighted by molar-refractivity contribution is -0.385. The van der Waals surface area contributed by atoms with Crippen molar-refractivity contribution in [3.8, 4) is 6.07 Å². The molecule has 132 valence electrons. The first-order valence-electron chi connectivity index (χ1n) is 7.59.